The lowest BCUT2D eigenvalue weighted by Crippen LogP contribution is -2.08. The number of unbranched alkanes of at least 4 members (excludes halogenated alkanes) is 1. The Bertz CT molecular complexity index is 635. The Labute approximate surface area is 139 Å². The number of benzene rings is 1. The molecular weight excluding hydrogens is 350 g/mol. The second-order valence-corrected chi connectivity index (χ2v) is 6.75. The van der Waals surface area contributed by atoms with Gasteiger partial charge in [-0.3, -0.25) is 0 Å². The predicted molar refractivity (Wildman–Crippen MR) is 93.8 cm³/mol. The molecule has 0 atom stereocenters. The van der Waals surface area contributed by atoms with Crippen LogP contribution < -0.4 is 5.73 Å². The van der Waals surface area contributed by atoms with Crippen molar-refractivity contribution in [1.29, 1.82) is 0 Å². The van der Waals surface area contributed by atoms with Gasteiger partial charge >= 0.3 is 0 Å². The molecule has 0 fully saturated rings. The molecule has 1 aromatic carbocycles. The summed E-state index contributed by atoms with van der Waals surface area (Å²) in [6.45, 7) is 7.37. The zero-order valence-corrected chi connectivity index (χ0v) is 15.0. The fourth-order valence-electron chi connectivity index (χ4n) is 2.33. The third-order valence-corrected chi connectivity index (χ3v) is 4.71. The second kappa shape index (κ2) is 6.84. The maximum absolute atomic E-state index is 6.35. The van der Waals surface area contributed by atoms with Crippen molar-refractivity contribution in [1.82, 2.24) is 9.55 Å². The minimum absolute atomic E-state index is 0.337. The van der Waals surface area contributed by atoms with Crippen molar-refractivity contribution in [2.45, 2.75) is 46.1 Å². The average molecular weight is 371 g/mol. The van der Waals surface area contributed by atoms with Crippen LogP contribution in [0.4, 0.5) is 5.82 Å². The highest BCUT2D eigenvalue weighted by Crippen LogP contribution is 2.33. The Kier molecular flexibility index (Phi) is 5.33. The molecule has 1 aromatic heterocycles. The third kappa shape index (κ3) is 3.43. The molecule has 0 radical (unpaired) electrons. The number of hydrogen-bond donors (Lipinski definition) is 1. The molecule has 3 nitrogen and oxygen atoms in total. The molecule has 0 unspecified atom stereocenters. The van der Waals surface area contributed by atoms with Crippen LogP contribution in [0.3, 0.4) is 0 Å². The summed E-state index contributed by atoms with van der Waals surface area (Å²) in [5.41, 5.74) is 8.13. The van der Waals surface area contributed by atoms with E-state index in [9.17, 15) is 0 Å². The standard InChI is InChI=1S/C16H21BrClN3/c1-4-5-8-21-15(19)14(20-16(21)10(2)3)11-6-7-12(17)13(18)9-11/h6-7,9-10H,4-5,8,19H2,1-3H3. The largest absolute Gasteiger partial charge is 0.383 e. The maximum atomic E-state index is 6.35. The molecule has 2 aromatic rings. The zero-order chi connectivity index (χ0) is 15.6. The number of imidazole rings is 1. The van der Waals surface area contributed by atoms with Crippen molar-refractivity contribution in [2.24, 2.45) is 0 Å². The van der Waals surface area contributed by atoms with E-state index in [4.69, 9.17) is 22.3 Å². The first-order chi connectivity index (χ1) is 9.95. The molecule has 2 N–H and O–H groups in total. The fraction of sp³-hybridized carbons (Fsp3) is 0.438. The van der Waals surface area contributed by atoms with Crippen LogP contribution in [-0.2, 0) is 6.54 Å². The van der Waals surface area contributed by atoms with Gasteiger partial charge < -0.3 is 10.3 Å². The van der Waals surface area contributed by atoms with Crippen LogP contribution in [0.2, 0.25) is 5.02 Å². The number of halogens is 2. The highest BCUT2D eigenvalue weighted by Gasteiger charge is 2.18. The van der Waals surface area contributed by atoms with Gasteiger partial charge in [0.15, 0.2) is 0 Å². The monoisotopic (exact) mass is 369 g/mol. The molecular formula is C16H21BrClN3. The van der Waals surface area contributed by atoms with Crippen LogP contribution in [0.25, 0.3) is 11.3 Å². The van der Waals surface area contributed by atoms with Crippen LogP contribution in [-0.4, -0.2) is 9.55 Å². The van der Waals surface area contributed by atoms with E-state index in [2.05, 4.69) is 41.3 Å². The third-order valence-electron chi connectivity index (χ3n) is 3.48. The molecule has 0 saturated heterocycles. The van der Waals surface area contributed by atoms with E-state index in [-0.39, 0.29) is 0 Å². The van der Waals surface area contributed by atoms with Gasteiger partial charge in [0.2, 0.25) is 0 Å². The van der Waals surface area contributed by atoms with Crippen molar-refractivity contribution >= 4 is 33.3 Å². The summed E-state index contributed by atoms with van der Waals surface area (Å²) < 4.78 is 3.01. The quantitative estimate of drug-likeness (QED) is 0.758. The van der Waals surface area contributed by atoms with Crippen LogP contribution in [0.15, 0.2) is 22.7 Å². The molecule has 0 aliphatic rings. The number of nitrogen functional groups attached to an aromatic ring is 1. The average Bonchev–Trinajstić information content (AvgIpc) is 2.77. The Morgan fingerprint density at radius 1 is 1.38 bits per heavy atom. The smallest absolute Gasteiger partial charge is 0.131 e. The lowest BCUT2D eigenvalue weighted by molar-refractivity contribution is 0.588. The number of nitrogens with two attached hydrogens (primary N) is 1. The Hall–Kier alpha value is -1.00. The molecule has 2 rings (SSSR count). The van der Waals surface area contributed by atoms with Crippen LogP contribution >= 0.6 is 27.5 Å². The topological polar surface area (TPSA) is 43.8 Å². The maximum Gasteiger partial charge on any atom is 0.131 e. The Morgan fingerprint density at radius 3 is 2.67 bits per heavy atom. The van der Waals surface area contributed by atoms with Gasteiger partial charge in [0, 0.05) is 22.5 Å². The van der Waals surface area contributed by atoms with Gasteiger partial charge in [-0.2, -0.15) is 0 Å². The molecule has 1 heterocycles. The van der Waals surface area contributed by atoms with Crippen molar-refractivity contribution in [3.05, 3.63) is 33.5 Å². The molecule has 114 valence electrons. The van der Waals surface area contributed by atoms with Crippen molar-refractivity contribution in [2.75, 3.05) is 5.73 Å². The molecule has 0 aliphatic heterocycles. The molecule has 0 amide bonds. The Morgan fingerprint density at radius 2 is 2.10 bits per heavy atom. The van der Waals surface area contributed by atoms with E-state index in [1.807, 2.05) is 18.2 Å². The molecule has 0 aliphatic carbocycles. The van der Waals surface area contributed by atoms with Gasteiger partial charge in [0.05, 0.1) is 5.02 Å². The molecule has 21 heavy (non-hydrogen) atoms. The number of aromatic nitrogens is 2. The van der Waals surface area contributed by atoms with Crippen molar-refractivity contribution in [3.8, 4) is 11.3 Å². The summed E-state index contributed by atoms with van der Waals surface area (Å²) in [7, 11) is 0. The molecule has 5 heteroatoms. The van der Waals surface area contributed by atoms with Crippen molar-refractivity contribution < 1.29 is 0 Å². The summed E-state index contributed by atoms with van der Waals surface area (Å²) in [4.78, 5) is 4.77. The second-order valence-electron chi connectivity index (χ2n) is 5.49. The summed E-state index contributed by atoms with van der Waals surface area (Å²) in [6, 6.07) is 5.82. The van der Waals surface area contributed by atoms with Crippen molar-refractivity contribution in [3.63, 3.8) is 0 Å². The molecule has 0 saturated carbocycles. The normalized spacial score (nSPS) is 11.3. The number of anilines is 1. The first-order valence-corrected chi connectivity index (χ1v) is 8.44. The summed E-state index contributed by atoms with van der Waals surface area (Å²) in [5.74, 6) is 2.10. The number of hydrogen-bond acceptors (Lipinski definition) is 2. The highest BCUT2D eigenvalue weighted by atomic mass is 79.9. The van der Waals surface area contributed by atoms with E-state index in [0.717, 1.165) is 46.8 Å². The summed E-state index contributed by atoms with van der Waals surface area (Å²) in [6.07, 6.45) is 2.23. The number of nitrogens with zero attached hydrogens (tertiary/aromatic N) is 2. The van der Waals surface area contributed by atoms with E-state index in [1.54, 1.807) is 0 Å². The van der Waals surface area contributed by atoms with Crippen LogP contribution in [0.1, 0.15) is 45.4 Å². The van der Waals surface area contributed by atoms with Gasteiger partial charge in [-0.05, 0) is 34.5 Å². The highest BCUT2D eigenvalue weighted by molar-refractivity contribution is 9.10. The van der Waals surface area contributed by atoms with E-state index >= 15 is 0 Å². The van der Waals surface area contributed by atoms with Crippen LogP contribution in [0.5, 0.6) is 0 Å². The minimum atomic E-state index is 0.337. The first-order valence-electron chi connectivity index (χ1n) is 7.27. The lowest BCUT2D eigenvalue weighted by Gasteiger charge is -2.11. The molecule has 0 bridgehead atoms. The number of rotatable bonds is 5. The van der Waals surface area contributed by atoms with Gasteiger partial charge in [-0.15, -0.1) is 0 Å². The fourth-order valence-corrected chi connectivity index (χ4v) is 2.76. The molecule has 0 spiro atoms. The summed E-state index contributed by atoms with van der Waals surface area (Å²) >= 11 is 9.60. The minimum Gasteiger partial charge on any atom is -0.383 e. The Balaban J connectivity index is 2.51. The van der Waals surface area contributed by atoms with E-state index in [0.29, 0.717) is 10.9 Å². The van der Waals surface area contributed by atoms with E-state index in [1.165, 1.54) is 0 Å². The van der Waals surface area contributed by atoms with E-state index < -0.39 is 0 Å². The lowest BCUT2D eigenvalue weighted by atomic mass is 10.1. The first kappa shape index (κ1) is 16.4. The van der Waals surface area contributed by atoms with Gasteiger partial charge in [-0.1, -0.05) is 44.9 Å². The predicted octanol–water partition coefficient (Wildman–Crippen LogP) is 5.47. The van der Waals surface area contributed by atoms with Gasteiger partial charge in [0.1, 0.15) is 17.3 Å². The van der Waals surface area contributed by atoms with Gasteiger partial charge in [0.25, 0.3) is 0 Å². The SMILES string of the molecule is CCCCn1c(C(C)C)nc(-c2ccc(Br)c(Cl)c2)c1N. The summed E-state index contributed by atoms with van der Waals surface area (Å²) in [5, 5.41) is 0.668. The van der Waals surface area contributed by atoms with Crippen LogP contribution in [0, 0.1) is 0 Å². The van der Waals surface area contributed by atoms with Gasteiger partial charge in [-0.25, -0.2) is 4.98 Å². The zero-order valence-electron chi connectivity index (χ0n) is 12.7.